The summed E-state index contributed by atoms with van der Waals surface area (Å²) in [4.78, 5) is 13.7. The van der Waals surface area contributed by atoms with Gasteiger partial charge in [-0.25, -0.2) is 18.4 Å². The highest BCUT2D eigenvalue weighted by Gasteiger charge is 2.36. The number of hydrogen-bond donors (Lipinski definition) is 0. The second-order valence-electron chi connectivity index (χ2n) is 7.85. The summed E-state index contributed by atoms with van der Waals surface area (Å²) < 4.78 is 28.7. The number of sulfonamides is 1. The largest absolute Gasteiger partial charge is 0.264 e. The lowest BCUT2D eigenvalue weighted by atomic mass is 9.94. The summed E-state index contributed by atoms with van der Waals surface area (Å²) in [6.45, 7) is 6.27. The molecule has 0 radical (unpaired) electrons. The summed E-state index contributed by atoms with van der Waals surface area (Å²) in [5.74, 6) is 0.638. The maximum absolute atomic E-state index is 13.6. The third kappa shape index (κ3) is 3.87. The molecule has 0 saturated carbocycles. The Hall–Kier alpha value is -2.64. The summed E-state index contributed by atoms with van der Waals surface area (Å²) in [5, 5.41) is 0. The molecule has 1 atom stereocenters. The number of benzene rings is 1. The molecule has 0 unspecified atom stereocenters. The van der Waals surface area contributed by atoms with E-state index in [9.17, 15) is 8.42 Å². The lowest BCUT2D eigenvalue weighted by molar-refractivity contribution is 0.251. The van der Waals surface area contributed by atoms with Gasteiger partial charge in [-0.3, -0.25) is 4.98 Å². The molecule has 1 aromatic carbocycles. The van der Waals surface area contributed by atoms with Crippen LogP contribution in [0.5, 0.6) is 0 Å². The topological polar surface area (TPSA) is 76.1 Å². The van der Waals surface area contributed by atoms with Crippen molar-refractivity contribution >= 4 is 10.0 Å². The first-order valence-electron chi connectivity index (χ1n) is 10.2. The molecule has 0 bridgehead atoms. The Bertz CT molecular complexity index is 1160. The highest BCUT2D eigenvalue weighted by Crippen LogP contribution is 2.39. The minimum absolute atomic E-state index is 0.325. The van der Waals surface area contributed by atoms with E-state index in [0.717, 1.165) is 47.2 Å². The predicted molar refractivity (Wildman–Crippen MR) is 116 cm³/mol. The monoisotopic (exact) mass is 422 g/mol. The van der Waals surface area contributed by atoms with Crippen LogP contribution in [0.15, 0.2) is 53.8 Å². The number of aryl methyl sites for hydroxylation is 3. The fraction of sp³-hybridized carbons (Fsp3) is 0.348. The second-order valence-corrected chi connectivity index (χ2v) is 9.74. The zero-order valence-corrected chi connectivity index (χ0v) is 18.4. The molecule has 0 amide bonds. The van der Waals surface area contributed by atoms with E-state index in [1.807, 2.05) is 45.2 Å². The molecular formula is C23H26N4O2S. The van der Waals surface area contributed by atoms with Gasteiger partial charge in [0.2, 0.25) is 10.0 Å². The molecule has 0 aliphatic carbocycles. The van der Waals surface area contributed by atoms with E-state index in [1.165, 1.54) is 0 Å². The van der Waals surface area contributed by atoms with Crippen molar-refractivity contribution in [1.29, 1.82) is 0 Å². The van der Waals surface area contributed by atoms with Crippen molar-refractivity contribution < 1.29 is 8.42 Å². The maximum atomic E-state index is 13.6. The highest BCUT2D eigenvalue weighted by molar-refractivity contribution is 7.89. The quantitative estimate of drug-likeness (QED) is 0.624. The standard InChI is InChI=1S/C23H26N4O2S/c1-16-7-9-19(10-8-16)30(28,29)27-13-5-4-6-22(27)23-21(15-25-18(3)26-23)20-11-12-24-14-17(20)2/h7-12,14-15,22H,4-6,13H2,1-3H3/t22-/m1/s1. The average molecular weight is 423 g/mol. The van der Waals surface area contributed by atoms with Gasteiger partial charge in [-0.2, -0.15) is 4.31 Å². The lowest BCUT2D eigenvalue weighted by Crippen LogP contribution is -2.39. The molecule has 4 rings (SSSR count). The van der Waals surface area contributed by atoms with Gasteiger partial charge in [0.1, 0.15) is 5.82 Å². The lowest BCUT2D eigenvalue weighted by Gasteiger charge is -2.35. The fourth-order valence-electron chi connectivity index (χ4n) is 4.04. The van der Waals surface area contributed by atoms with E-state index in [-0.39, 0.29) is 6.04 Å². The summed E-state index contributed by atoms with van der Waals surface area (Å²) in [5.41, 5.74) is 4.67. The Labute approximate surface area is 178 Å². The molecule has 1 saturated heterocycles. The van der Waals surface area contributed by atoms with Gasteiger partial charge in [0, 0.05) is 30.7 Å². The van der Waals surface area contributed by atoms with Gasteiger partial charge in [-0.1, -0.05) is 24.1 Å². The molecule has 1 aliphatic heterocycles. The van der Waals surface area contributed by atoms with Crippen LogP contribution in [-0.4, -0.2) is 34.2 Å². The molecule has 2 aromatic heterocycles. The Morgan fingerprint density at radius 3 is 2.47 bits per heavy atom. The van der Waals surface area contributed by atoms with Crippen molar-refractivity contribution in [2.75, 3.05) is 6.54 Å². The third-order valence-corrected chi connectivity index (χ3v) is 7.57. The summed E-state index contributed by atoms with van der Waals surface area (Å²) in [6.07, 6.45) is 7.90. The normalized spacial score (nSPS) is 17.8. The van der Waals surface area contributed by atoms with E-state index >= 15 is 0 Å². The van der Waals surface area contributed by atoms with Crippen molar-refractivity contribution in [2.24, 2.45) is 0 Å². The van der Waals surface area contributed by atoms with Crippen molar-refractivity contribution in [2.45, 2.75) is 51.0 Å². The number of aromatic nitrogens is 3. The summed E-state index contributed by atoms with van der Waals surface area (Å²) >= 11 is 0. The van der Waals surface area contributed by atoms with Gasteiger partial charge in [-0.15, -0.1) is 0 Å². The van der Waals surface area contributed by atoms with Crippen LogP contribution in [0.1, 0.15) is 47.9 Å². The van der Waals surface area contributed by atoms with E-state index in [2.05, 4.69) is 9.97 Å². The molecule has 7 heteroatoms. The second kappa shape index (κ2) is 8.24. The van der Waals surface area contributed by atoms with Gasteiger partial charge in [0.25, 0.3) is 0 Å². The van der Waals surface area contributed by atoms with Gasteiger partial charge in [-0.05, 0) is 62.9 Å². The minimum Gasteiger partial charge on any atom is -0.264 e. The molecule has 0 N–H and O–H groups in total. The van der Waals surface area contributed by atoms with E-state index in [4.69, 9.17) is 4.98 Å². The van der Waals surface area contributed by atoms with Gasteiger partial charge in [0.15, 0.2) is 0 Å². The van der Waals surface area contributed by atoms with E-state index in [0.29, 0.717) is 17.3 Å². The fourth-order valence-corrected chi connectivity index (χ4v) is 5.70. The number of piperidine rings is 1. The van der Waals surface area contributed by atoms with Crippen LogP contribution in [0, 0.1) is 20.8 Å². The minimum atomic E-state index is -3.64. The molecule has 0 spiro atoms. The van der Waals surface area contributed by atoms with Crippen molar-refractivity contribution in [3.8, 4) is 11.1 Å². The Morgan fingerprint density at radius 1 is 0.967 bits per heavy atom. The first kappa shape index (κ1) is 20.6. The third-order valence-electron chi connectivity index (χ3n) is 5.65. The van der Waals surface area contributed by atoms with Gasteiger partial charge >= 0.3 is 0 Å². The summed E-state index contributed by atoms with van der Waals surface area (Å²) in [6, 6.07) is 8.67. The molecule has 1 aliphatic rings. The average Bonchev–Trinajstić information content (AvgIpc) is 2.75. The van der Waals surface area contributed by atoms with Gasteiger partial charge < -0.3 is 0 Å². The number of rotatable bonds is 4. The SMILES string of the molecule is Cc1ccc(S(=O)(=O)N2CCCC[C@@H]2c2nc(C)ncc2-c2ccncc2C)cc1. The zero-order chi connectivity index (χ0) is 21.3. The predicted octanol–water partition coefficient (Wildman–Crippen LogP) is 4.38. The summed E-state index contributed by atoms with van der Waals surface area (Å²) in [7, 11) is -3.64. The maximum Gasteiger partial charge on any atom is 0.243 e. The van der Waals surface area contributed by atoms with Crippen LogP contribution in [0.2, 0.25) is 0 Å². The molecule has 156 valence electrons. The number of hydrogen-bond acceptors (Lipinski definition) is 5. The molecule has 3 aromatic rings. The Kier molecular flexibility index (Phi) is 5.66. The van der Waals surface area contributed by atoms with E-state index in [1.54, 1.807) is 28.8 Å². The van der Waals surface area contributed by atoms with Crippen molar-refractivity contribution in [1.82, 2.24) is 19.3 Å². The Balaban J connectivity index is 1.83. The van der Waals surface area contributed by atoms with Gasteiger partial charge in [0.05, 0.1) is 16.6 Å². The smallest absolute Gasteiger partial charge is 0.243 e. The van der Waals surface area contributed by atoms with Crippen LogP contribution in [0.4, 0.5) is 0 Å². The first-order valence-corrected chi connectivity index (χ1v) is 11.6. The zero-order valence-electron chi connectivity index (χ0n) is 17.5. The molecule has 1 fully saturated rings. The van der Waals surface area contributed by atoms with Crippen LogP contribution in [0.25, 0.3) is 11.1 Å². The molecular weight excluding hydrogens is 396 g/mol. The highest BCUT2D eigenvalue weighted by atomic mass is 32.2. The van der Waals surface area contributed by atoms with Crippen LogP contribution in [-0.2, 0) is 10.0 Å². The molecule has 30 heavy (non-hydrogen) atoms. The van der Waals surface area contributed by atoms with Crippen molar-refractivity contribution in [3.63, 3.8) is 0 Å². The molecule has 6 nitrogen and oxygen atoms in total. The van der Waals surface area contributed by atoms with Crippen LogP contribution < -0.4 is 0 Å². The number of pyridine rings is 1. The van der Waals surface area contributed by atoms with E-state index < -0.39 is 10.0 Å². The number of nitrogens with zero attached hydrogens (tertiary/aromatic N) is 4. The van der Waals surface area contributed by atoms with Crippen molar-refractivity contribution in [3.05, 3.63) is 71.6 Å². The molecule has 3 heterocycles. The van der Waals surface area contributed by atoms with Crippen LogP contribution in [0.3, 0.4) is 0 Å². The van der Waals surface area contributed by atoms with Crippen LogP contribution >= 0.6 is 0 Å². The first-order chi connectivity index (χ1) is 14.4. The Morgan fingerprint density at radius 2 is 1.73 bits per heavy atom.